The molecule has 1 aromatic heterocycles. The van der Waals surface area contributed by atoms with Gasteiger partial charge in [0, 0.05) is 31.5 Å². The van der Waals surface area contributed by atoms with Crippen molar-refractivity contribution in [2.45, 2.75) is 39.0 Å². The van der Waals surface area contributed by atoms with Gasteiger partial charge in [0.2, 0.25) is 5.91 Å². The van der Waals surface area contributed by atoms with E-state index in [1.807, 2.05) is 53.9 Å². The minimum atomic E-state index is 0.0419. The Morgan fingerprint density at radius 1 is 1.28 bits per heavy atom. The fourth-order valence-corrected chi connectivity index (χ4v) is 3.32. The average Bonchev–Trinajstić information content (AvgIpc) is 3.13. The van der Waals surface area contributed by atoms with E-state index >= 15 is 0 Å². The molecule has 1 aliphatic rings. The normalized spacial score (nSPS) is 22.0. The first-order chi connectivity index (χ1) is 12.0. The molecule has 2 aromatic rings. The maximum Gasteiger partial charge on any atom is 0.236 e. The number of carbonyl (C=O) groups excluding carboxylic acids is 1. The van der Waals surface area contributed by atoms with Crippen LogP contribution in [0.3, 0.4) is 0 Å². The van der Waals surface area contributed by atoms with E-state index in [4.69, 9.17) is 4.74 Å². The molecule has 1 amide bonds. The summed E-state index contributed by atoms with van der Waals surface area (Å²) in [6.45, 7) is 7.71. The lowest BCUT2D eigenvalue weighted by molar-refractivity contribution is -0.142. The van der Waals surface area contributed by atoms with E-state index in [9.17, 15) is 4.79 Å². The van der Waals surface area contributed by atoms with Gasteiger partial charge in [0.25, 0.3) is 0 Å². The van der Waals surface area contributed by atoms with Crippen LogP contribution in [0.25, 0.3) is 5.69 Å². The number of para-hydroxylation sites is 1. The molecule has 1 N–H and O–H groups in total. The summed E-state index contributed by atoms with van der Waals surface area (Å²) in [6.07, 6.45) is 3.86. The van der Waals surface area contributed by atoms with Gasteiger partial charge in [0.05, 0.1) is 24.4 Å². The molecule has 0 spiro atoms. The van der Waals surface area contributed by atoms with Gasteiger partial charge >= 0.3 is 0 Å². The third kappa shape index (κ3) is 4.27. The first-order valence-corrected chi connectivity index (χ1v) is 8.80. The summed E-state index contributed by atoms with van der Waals surface area (Å²) in [4.78, 5) is 14.4. The van der Waals surface area contributed by atoms with Crippen molar-refractivity contribution in [1.29, 1.82) is 0 Å². The van der Waals surface area contributed by atoms with Crippen LogP contribution in [-0.4, -0.2) is 52.4 Å². The number of ether oxygens (including phenoxy) is 1. The second-order valence-electron chi connectivity index (χ2n) is 6.67. The van der Waals surface area contributed by atoms with Crippen LogP contribution in [0.5, 0.6) is 0 Å². The summed E-state index contributed by atoms with van der Waals surface area (Å²) in [7, 11) is 0. The topological polar surface area (TPSA) is 59.4 Å². The van der Waals surface area contributed by atoms with Gasteiger partial charge in [-0.05, 0) is 38.5 Å². The van der Waals surface area contributed by atoms with E-state index < -0.39 is 0 Å². The molecular formula is C19H26N4O2. The highest BCUT2D eigenvalue weighted by molar-refractivity contribution is 5.78. The third-order valence-electron chi connectivity index (χ3n) is 4.49. The molecule has 2 heterocycles. The molecule has 134 valence electrons. The zero-order valence-corrected chi connectivity index (χ0v) is 15.1. The second-order valence-corrected chi connectivity index (χ2v) is 6.67. The summed E-state index contributed by atoms with van der Waals surface area (Å²) in [5.41, 5.74) is 2.14. The van der Waals surface area contributed by atoms with Crippen molar-refractivity contribution in [2.24, 2.45) is 0 Å². The summed E-state index contributed by atoms with van der Waals surface area (Å²) in [6, 6.07) is 10.0. The first kappa shape index (κ1) is 17.6. The zero-order valence-electron chi connectivity index (χ0n) is 15.1. The maximum atomic E-state index is 12.5. The number of amides is 1. The largest absolute Gasteiger partial charge is 0.372 e. The minimum absolute atomic E-state index is 0.0419. The Kier molecular flexibility index (Phi) is 5.50. The van der Waals surface area contributed by atoms with Crippen molar-refractivity contribution in [1.82, 2.24) is 20.0 Å². The highest BCUT2D eigenvalue weighted by atomic mass is 16.5. The van der Waals surface area contributed by atoms with Crippen molar-refractivity contribution in [2.75, 3.05) is 19.6 Å². The lowest BCUT2D eigenvalue weighted by atomic mass is 10.1. The van der Waals surface area contributed by atoms with Gasteiger partial charge in [-0.1, -0.05) is 18.2 Å². The predicted octanol–water partition coefficient (Wildman–Crippen LogP) is 2.16. The molecular weight excluding hydrogens is 316 g/mol. The van der Waals surface area contributed by atoms with Crippen molar-refractivity contribution in [3.63, 3.8) is 0 Å². The van der Waals surface area contributed by atoms with E-state index in [0.29, 0.717) is 19.6 Å². The molecule has 1 fully saturated rings. The molecule has 3 atom stereocenters. The van der Waals surface area contributed by atoms with E-state index in [1.165, 1.54) is 0 Å². The number of carbonyl (C=O) groups is 1. The predicted molar refractivity (Wildman–Crippen MR) is 96.6 cm³/mol. The van der Waals surface area contributed by atoms with Gasteiger partial charge in [0.1, 0.15) is 0 Å². The molecule has 0 saturated carbocycles. The van der Waals surface area contributed by atoms with Gasteiger partial charge < -0.3 is 15.0 Å². The van der Waals surface area contributed by atoms with Crippen molar-refractivity contribution < 1.29 is 9.53 Å². The first-order valence-electron chi connectivity index (χ1n) is 8.80. The molecule has 1 aliphatic heterocycles. The van der Waals surface area contributed by atoms with Crippen LogP contribution in [0.4, 0.5) is 0 Å². The van der Waals surface area contributed by atoms with Crippen LogP contribution >= 0.6 is 0 Å². The molecule has 6 heteroatoms. The Labute approximate surface area is 148 Å². The average molecular weight is 342 g/mol. The summed E-state index contributed by atoms with van der Waals surface area (Å²) < 4.78 is 7.54. The highest BCUT2D eigenvalue weighted by Crippen LogP contribution is 2.21. The zero-order chi connectivity index (χ0) is 17.8. The smallest absolute Gasteiger partial charge is 0.236 e. The Balaban J connectivity index is 1.63. The van der Waals surface area contributed by atoms with Crippen LogP contribution in [0.1, 0.15) is 32.4 Å². The molecule has 0 radical (unpaired) electrons. The Bertz CT molecular complexity index is 691. The minimum Gasteiger partial charge on any atom is -0.372 e. The highest BCUT2D eigenvalue weighted by Gasteiger charge is 2.26. The third-order valence-corrected chi connectivity index (χ3v) is 4.49. The van der Waals surface area contributed by atoms with Crippen LogP contribution in [0, 0.1) is 0 Å². The number of morpholine rings is 1. The SMILES string of the molecule is C[C@@H]1CN(C(=O)CN[C@@H](C)c2ccccc2-n2cccn2)C[C@H](C)O1. The fourth-order valence-electron chi connectivity index (χ4n) is 3.32. The van der Waals surface area contributed by atoms with Crippen LogP contribution in [0.2, 0.25) is 0 Å². The van der Waals surface area contributed by atoms with Gasteiger partial charge in [-0.25, -0.2) is 4.68 Å². The molecule has 0 unspecified atom stereocenters. The summed E-state index contributed by atoms with van der Waals surface area (Å²) in [5.74, 6) is 0.116. The molecule has 0 bridgehead atoms. The number of aromatic nitrogens is 2. The quantitative estimate of drug-likeness (QED) is 0.905. The number of nitrogens with one attached hydrogen (secondary N) is 1. The molecule has 0 aliphatic carbocycles. The van der Waals surface area contributed by atoms with E-state index in [-0.39, 0.29) is 24.2 Å². The second kappa shape index (κ2) is 7.80. The summed E-state index contributed by atoms with van der Waals surface area (Å²) in [5, 5.41) is 7.67. The van der Waals surface area contributed by atoms with E-state index in [0.717, 1.165) is 11.3 Å². The van der Waals surface area contributed by atoms with E-state index in [1.54, 1.807) is 6.20 Å². The molecule has 25 heavy (non-hydrogen) atoms. The lowest BCUT2D eigenvalue weighted by Gasteiger charge is -2.35. The van der Waals surface area contributed by atoms with Crippen molar-refractivity contribution >= 4 is 5.91 Å². The number of benzene rings is 1. The molecule has 6 nitrogen and oxygen atoms in total. The number of hydrogen-bond acceptors (Lipinski definition) is 4. The van der Waals surface area contributed by atoms with Crippen LogP contribution < -0.4 is 5.32 Å². The maximum absolute atomic E-state index is 12.5. The number of hydrogen-bond donors (Lipinski definition) is 1. The van der Waals surface area contributed by atoms with Gasteiger partial charge in [-0.15, -0.1) is 0 Å². The van der Waals surface area contributed by atoms with E-state index in [2.05, 4.69) is 23.4 Å². The molecule has 3 rings (SSSR count). The monoisotopic (exact) mass is 342 g/mol. The Hall–Kier alpha value is -2.18. The number of nitrogens with zero attached hydrogens (tertiary/aromatic N) is 3. The lowest BCUT2D eigenvalue weighted by Crippen LogP contribution is -2.50. The Morgan fingerprint density at radius 2 is 2.00 bits per heavy atom. The van der Waals surface area contributed by atoms with Gasteiger partial charge in [0.15, 0.2) is 0 Å². The van der Waals surface area contributed by atoms with Crippen LogP contribution in [0.15, 0.2) is 42.7 Å². The number of rotatable bonds is 5. The van der Waals surface area contributed by atoms with Crippen molar-refractivity contribution in [3.8, 4) is 5.69 Å². The summed E-state index contributed by atoms with van der Waals surface area (Å²) >= 11 is 0. The molecule has 1 saturated heterocycles. The van der Waals surface area contributed by atoms with Crippen molar-refractivity contribution in [3.05, 3.63) is 48.3 Å². The fraction of sp³-hybridized carbons (Fsp3) is 0.474. The molecule has 1 aromatic carbocycles. The standard InChI is InChI=1S/C19H26N4O2/c1-14-12-22(13-15(2)25-14)19(24)11-20-16(3)17-7-4-5-8-18(17)23-10-6-9-21-23/h4-10,14-16,20H,11-13H2,1-3H3/t14-,15+,16-/m0/s1. The van der Waals surface area contributed by atoms with Crippen LogP contribution in [-0.2, 0) is 9.53 Å². The van der Waals surface area contributed by atoms with Gasteiger partial charge in [-0.2, -0.15) is 5.10 Å². The van der Waals surface area contributed by atoms with Gasteiger partial charge in [-0.3, -0.25) is 4.79 Å². The Morgan fingerprint density at radius 3 is 2.68 bits per heavy atom.